The van der Waals surface area contributed by atoms with E-state index in [4.69, 9.17) is 4.74 Å². The van der Waals surface area contributed by atoms with Crippen molar-refractivity contribution in [2.75, 3.05) is 7.11 Å². The van der Waals surface area contributed by atoms with Gasteiger partial charge in [0.25, 0.3) is 0 Å². The van der Waals surface area contributed by atoms with Crippen molar-refractivity contribution in [1.82, 2.24) is 5.32 Å². The van der Waals surface area contributed by atoms with Crippen LogP contribution >= 0.6 is 0 Å². The first-order valence-corrected chi connectivity index (χ1v) is 4.25. The molecule has 94 valence electrons. The van der Waals surface area contributed by atoms with E-state index in [-0.39, 0.29) is 56.9 Å². The van der Waals surface area contributed by atoms with Gasteiger partial charge in [0.05, 0.1) is 12.7 Å². The fourth-order valence-electron chi connectivity index (χ4n) is 0.953. The van der Waals surface area contributed by atoms with Crippen molar-refractivity contribution in [2.24, 2.45) is 0 Å². The molecule has 0 saturated carbocycles. The molecule has 3 nitrogen and oxygen atoms in total. The molecule has 0 fully saturated rings. The number of benzene rings is 1. The Hall–Kier alpha value is -0.0887. The third-order valence-corrected chi connectivity index (χ3v) is 1.57. The number of ether oxygens (including phenoxy) is 1. The Bertz CT molecular complexity index is 379. The Morgan fingerprint density at radius 2 is 1.89 bits per heavy atom. The third kappa shape index (κ3) is 8.09. The summed E-state index contributed by atoms with van der Waals surface area (Å²) in [4.78, 5) is 11.1. The number of hydrogen-bond acceptors (Lipinski definition) is 2. The molecule has 0 radical (unpaired) electrons. The summed E-state index contributed by atoms with van der Waals surface area (Å²) >= 11 is 0. The van der Waals surface area contributed by atoms with Crippen LogP contribution in [-0.2, 0) is 0 Å². The molecule has 0 atom stereocenters. The average Bonchev–Trinajstić information content (AvgIpc) is 2.27. The summed E-state index contributed by atoms with van der Waals surface area (Å²) in [6, 6.07) is 3.71. The maximum atomic E-state index is 12.7. The number of nitrogens with one attached hydrogen (secondary N) is 1. The summed E-state index contributed by atoms with van der Waals surface area (Å²) in [5.41, 5.74) is 0.137. The van der Waals surface area contributed by atoms with E-state index in [0.717, 1.165) is 6.07 Å². The molecule has 0 aliphatic carbocycles. The van der Waals surface area contributed by atoms with Crippen molar-refractivity contribution in [2.45, 2.75) is 0 Å². The van der Waals surface area contributed by atoms with Gasteiger partial charge in [0.15, 0.2) is 0 Å². The van der Waals surface area contributed by atoms with Crippen molar-refractivity contribution in [3.63, 3.8) is 0 Å². The van der Waals surface area contributed by atoms with Crippen LogP contribution in [0.5, 0.6) is 5.75 Å². The predicted molar refractivity (Wildman–Crippen MR) is 54.9 cm³/mol. The molecule has 9 heteroatoms. The minimum Gasteiger partial charge on any atom is -0.504 e. The smallest absolute Gasteiger partial charge is 0.504 e. The maximum Gasteiger partial charge on any atom is 1.00 e. The molecule has 0 aromatic heterocycles. The van der Waals surface area contributed by atoms with Crippen LogP contribution in [0.1, 0.15) is 10.4 Å². The molecule has 1 aromatic rings. The summed E-state index contributed by atoms with van der Waals surface area (Å²) in [7, 11) is 0.933. The van der Waals surface area contributed by atoms with Crippen molar-refractivity contribution < 1.29 is 78.3 Å². The van der Waals surface area contributed by atoms with E-state index >= 15 is 0 Å². The van der Waals surface area contributed by atoms with Crippen LogP contribution in [0.4, 0.5) is 17.3 Å². The first-order valence-electron chi connectivity index (χ1n) is 4.25. The Morgan fingerprint density at radius 3 is 2.28 bits per heavy atom. The van der Waals surface area contributed by atoms with Crippen LogP contribution in [0.15, 0.2) is 18.2 Å². The van der Waals surface area contributed by atoms with E-state index in [0.29, 0.717) is 5.75 Å². The van der Waals surface area contributed by atoms with Gasteiger partial charge < -0.3 is 10.1 Å². The first-order chi connectivity index (χ1) is 7.92. The fourth-order valence-corrected chi connectivity index (χ4v) is 0.953. The quantitative estimate of drug-likeness (QED) is 0.441. The zero-order chi connectivity index (χ0) is 13.4. The van der Waals surface area contributed by atoms with E-state index in [1.165, 1.54) is 19.2 Å². The minimum absolute atomic E-state index is 0. The van der Waals surface area contributed by atoms with Gasteiger partial charge in [-0.3, -0.25) is 24.8 Å². The van der Waals surface area contributed by atoms with Crippen LogP contribution in [0.2, 0.25) is 0 Å². The molecular weight excluding hydrogens is 280 g/mol. The zero-order valence-electron chi connectivity index (χ0n) is 9.84. The van der Waals surface area contributed by atoms with Gasteiger partial charge in [-0.05, 0) is 18.2 Å². The Kier molecular flexibility index (Phi) is 12.1. The van der Waals surface area contributed by atoms with E-state index in [1.54, 1.807) is 0 Å². The van der Waals surface area contributed by atoms with Crippen molar-refractivity contribution >= 4 is 13.5 Å². The van der Waals surface area contributed by atoms with Crippen molar-refractivity contribution in [3.05, 3.63) is 36.6 Å². The molecule has 0 aliphatic rings. The van der Waals surface area contributed by atoms with Crippen LogP contribution in [0.3, 0.4) is 0 Å². The van der Waals surface area contributed by atoms with Crippen LogP contribution in [0.25, 0.3) is 0 Å². The van der Waals surface area contributed by atoms with Crippen LogP contribution in [-0.4, -0.2) is 20.6 Å². The van der Waals surface area contributed by atoms with E-state index in [9.17, 15) is 22.1 Å². The Balaban J connectivity index is 0. The molecule has 18 heavy (non-hydrogen) atoms. The summed E-state index contributed by atoms with van der Waals surface area (Å²) in [6.07, 6.45) is 0. The average molecular weight is 289 g/mol. The number of rotatable bonds is 2. The second-order valence-electron chi connectivity index (χ2n) is 2.60. The minimum atomic E-state index is -3.67. The molecule has 0 aliphatic heterocycles. The summed E-state index contributed by atoms with van der Waals surface area (Å²) < 4.78 is 46.6. The third-order valence-electron chi connectivity index (χ3n) is 1.57. The van der Waals surface area contributed by atoms with Crippen LogP contribution in [0, 0.1) is 12.9 Å². The second-order valence-corrected chi connectivity index (χ2v) is 2.60. The molecule has 1 aromatic carbocycles. The largest absolute Gasteiger partial charge is 1.00 e. The van der Waals surface area contributed by atoms with Gasteiger partial charge in [0, 0.05) is 0 Å². The SMILES string of the molecule is FB(F)F.[CH2-]NC(=O)c1cc(F)ccc1OC.[K+]. The standard InChI is InChI=1S/C9H9FNO2.BF3.K/c1-11-9(12)7-5-6(10)3-4-8(7)13-2;2-1(3)4;/h3-5H,1H2,2H3,(H,11,12);;/q-1;;+1. The number of amides is 1. The van der Waals surface area contributed by atoms with Crippen molar-refractivity contribution in [3.8, 4) is 5.75 Å². The van der Waals surface area contributed by atoms with E-state index < -0.39 is 19.3 Å². The topological polar surface area (TPSA) is 38.3 Å². The first kappa shape index (κ1) is 20.2. The van der Waals surface area contributed by atoms with Gasteiger partial charge in [0.2, 0.25) is 5.91 Å². The van der Waals surface area contributed by atoms with Gasteiger partial charge in [-0.1, -0.05) is 0 Å². The molecule has 0 spiro atoms. The number of halogens is 4. The molecule has 1 amide bonds. The number of carbonyl (C=O) groups is 1. The van der Waals surface area contributed by atoms with Gasteiger partial charge in [-0.15, -0.1) is 0 Å². The van der Waals surface area contributed by atoms with Gasteiger partial charge in [-0.2, -0.15) is 0 Å². The number of hydrogen-bond donors (Lipinski definition) is 1. The van der Waals surface area contributed by atoms with Gasteiger partial charge in [0.1, 0.15) is 11.6 Å². The second kappa shape index (κ2) is 10.8. The summed E-state index contributed by atoms with van der Waals surface area (Å²) in [5.74, 6) is -0.640. The predicted octanol–water partition coefficient (Wildman–Crippen LogP) is -0.761. The Labute approximate surface area is 145 Å². The molecule has 0 saturated heterocycles. The molecule has 0 unspecified atom stereocenters. The zero-order valence-corrected chi connectivity index (χ0v) is 13.0. The maximum absolute atomic E-state index is 12.7. The number of methoxy groups -OCH3 is 1. The fraction of sp³-hybridized carbons (Fsp3) is 0.111. The molecule has 1 rings (SSSR count). The number of carbonyl (C=O) groups excluding carboxylic acids is 1. The summed E-state index contributed by atoms with van der Waals surface area (Å²) in [6.45, 7) is 0. The van der Waals surface area contributed by atoms with E-state index in [2.05, 4.69) is 12.4 Å². The van der Waals surface area contributed by atoms with E-state index in [1.807, 2.05) is 0 Å². The van der Waals surface area contributed by atoms with Gasteiger partial charge in [-0.25, -0.2) is 4.39 Å². The monoisotopic (exact) mass is 289 g/mol. The summed E-state index contributed by atoms with van der Waals surface area (Å²) in [5, 5.41) is 2.15. The van der Waals surface area contributed by atoms with Crippen molar-refractivity contribution in [1.29, 1.82) is 0 Å². The molecular formula is C9H9BF4KNO2. The Morgan fingerprint density at radius 1 is 1.39 bits per heavy atom. The normalized spacial score (nSPS) is 8.33. The van der Waals surface area contributed by atoms with Gasteiger partial charge >= 0.3 is 58.9 Å². The molecule has 0 bridgehead atoms. The molecule has 0 heterocycles. The molecule has 1 N–H and O–H groups in total. The van der Waals surface area contributed by atoms with Crippen LogP contribution < -0.4 is 61.4 Å².